The molecule has 1 atom stereocenters. The Morgan fingerprint density at radius 3 is 2.32 bits per heavy atom. The second-order valence-corrected chi connectivity index (χ2v) is 7.44. The summed E-state index contributed by atoms with van der Waals surface area (Å²) in [5, 5.41) is 3.67. The minimum absolute atomic E-state index is 0.400. The molecule has 0 spiro atoms. The van der Waals surface area contributed by atoms with Gasteiger partial charge >= 0.3 is 0 Å². The van der Waals surface area contributed by atoms with E-state index in [1.54, 1.807) is 0 Å². The third kappa shape index (κ3) is 5.41. The summed E-state index contributed by atoms with van der Waals surface area (Å²) in [6, 6.07) is 0. The molecule has 1 fully saturated rings. The van der Waals surface area contributed by atoms with Gasteiger partial charge in [0, 0.05) is 6.54 Å². The zero-order valence-corrected chi connectivity index (χ0v) is 13.7. The van der Waals surface area contributed by atoms with Crippen LogP contribution in [0.2, 0.25) is 0 Å². The quantitative estimate of drug-likeness (QED) is 0.744. The summed E-state index contributed by atoms with van der Waals surface area (Å²) in [6.07, 6.45) is 2.69. The average molecular weight is 269 g/mol. The van der Waals surface area contributed by atoms with E-state index in [0.717, 1.165) is 25.6 Å². The standard InChI is InChI=1S/C16H35N3/c1-13(2)14(10-17)11-18-12-16(3,4)15-6-8-19(5)9-7-15/h13-15,18H,6-12,17H2,1-5H3. The van der Waals surface area contributed by atoms with Crippen molar-refractivity contribution in [3.8, 4) is 0 Å². The third-order valence-electron chi connectivity index (χ3n) is 5.06. The fourth-order valence-corrected chi connectivity index (χ4v) is 3.11. The molecule has 1 aliphatic rings. The van der Waals surface area contributed by atoms with Crippen LogP contribution in [-0.2, 0) is 0 Å². The van der Waals surface area contributed by atoms with Gasteiger partial charge in [0.05, 0.1) is 0 Å². The van der Waals surface area contributed by atoms with Crippen molar-refractivity contribution in [1.29, 1.82) is 0 Å². The van der Waals surface area contributed by atoms with E-state index in [4.69, 9.17) is 5.73 Å². The van der Waals surface area contributed by atoms with Crippen molar-refractivity contribution in [3.63, 3.8) is 0 Å². The largest absolute Gasteiger partial charge is 0.330 e. The average Bonchev–Trinajstić information content (AvgIpc) is 2.34. The van der Waals surface area contributed by atoms with Crippen LogP contribution in [0.3, 0.4) is 0 Å². The van der Waals surface area contributed by atoms with Crippen molar-refractivity contribution in [2.24, 2.45) is 28.9 Å². The van der Waals surface area contributed by atoms with Gasteiger partial charge in [-0.2, -0.15) is 0 Å². The van der Waals surface area contributed by atoms with Crippen LogP contribution in [0.25, 0.3) is 0 Å². The Labute approximate surface area is 120 Å². The molecule has 0 amide bonds. The van der Waals surface area contributed by atoms with E-state index < -0.39 is 0 Å². The Kier molecular flexibility index (Phi) is 6.78. The molecule has 0 aliphatic carbocycles. The van der Waals surface area contributed by atoms with Gasteiger partial charge in [-0.25, -0.2) is 0 Å². The number of hydrogen-bond acceptors (Lipinski definition) is 3. The smallest absolute Gasteiger partial charge is 0.000531 e. The maximum Gasteiger partial charge on any atom is 0.000531 e. The Morgan fingerprint density at radius 2 is 1.84 bits per heavy atom. The maximum absolute atomic E-state index is 5.84. The van der Waals surface area contributed by atoms with Crippen molar-refractivity contribution in [2.45, 2.75) is 40.5 Å². The molecule has 1 aliphatic heterocycles. The molecule has 3 heteroatoms. The van der Waals surface area contributed by atoms with Crippen molar-refractivity contribution >= 4 is 0 Å². The van der Waals surface area contributed by atoms with Crippen LogP contribution in [0.5, 0.6) is 0 Å². The summed E-state index contributed by atoms with van der Waals surface area (Å²) in [5.41, 5.74) is 6.24. The fraction of sp³-hybridized carbons (Fsp3) is 1.00. The van der Waals surface area contributed by atoms with Crippen LogP contribution in [0.4, 0.5) is 0 Å². The number of rotatable bonds is 7. The molecular formula is C16H35N3. The number of piperidine rings is 1. The molecule has 0 bridgehead atoms. The highest BCUT2D eigenvalue weighted by Crippen LogP contribution is 2.34. The molecule has 3 N–H and O–H groups in total. The monoisotopic (exact) mass is 269 g/mol. The summed E-state index contributed by atoms with van der Waals surface area (Å²) >= 11 is 0. The van der Waals surface area contributed by atoms with Crippen LogP contribution in [0, 0.1) is 23.2 Å². The Morgan fingerprint density at radius 1 is 1.26 bits per heavy atom. The zero-order valence-electron chi connectivity index (χ0n) is 13.7. The molecule has 0 aromatic carbocycles. The van der Waals surface area contributed by atoms with E-state index in [0.29, 0.717) is 17.3 Å². The number of likely N-dealkylation sites (tertiary alicyclic amines) is 1. The first-order chi connectivity index (χ1) is 8.86. The summed E-state index contributed by atoms with van der Waals surface area (Å²) in [4.78, 5) is 2.45. The summed E-state index contributed by atoms with van der Waals surface area (Å²) in [7, 11) is 2.23. The van der Waals surface area contributed by atoms with Crippen molar-refractivity contribution < 1.29 is 0 Å². The van der Waals surface area contributed by atoms with Gasteiger partial charge in [-0.05, 0) is 69.2 Å². The van der Waals surface area contributed by atoms with E-state index in [-0.39, 0.29) is 0 Å². The Hall–Kier alpha value is -0.120. The third-order valence-corrected chi connectivity index (χ3v) is 5.06. The molecule has 0 aromatic rings. The molecule has 1 heterocycles. The molecule has 114 valence electrons. The van der Waals surface area contributed by atoms with Gasteiger partial charge in [-0.3, -0.25) is 0 Å². The molecule has 0 saturated carbocycles. The SMILES string of the molecule is CC(C)C(CN)CNCC(C)(C)C1CCN(C)CC1. The van der Waals surface area contributed by atoms with Crippen LogP contribution in [0.15, 0.2) is 0 Å². The van der Waals surface area contributed by atoms with Crippen LogP contribution < -0.4 is 11.1 Å². The predicted octanol–water partition coefficient (Wildman–Crippen LogP) is 2.17. The number of nitrogens with zero attached hydrogens (tertiary/aromatic N) is 1. The lowest BCUT2D eigenvalue weighted by molar-refractivity contribution is 0.111. The number of hydrogen-bond donors (Lipinski definition) is 2. The molecule has 0 aromatic heterocycles. The van der Waals surface area contributed by atoms with Gasteiger partial charge in [0.15, 0.2) is 0 Å². The Balaban J connectivity index is 2.34. The zero-order chi connectivity index (χ0) is 14.5. The van der Waals surface area contributed by atoms with Crippen molar-refractivity contribution in [1.82, 2.24) is 10.2 Å². The van der Waals surface area contributed by atoms with Crippen LogP contribution in [-0.4, -0.2) is 44.7 Å². The Bertz CT molecular complexity index is 242. The van der Waals surface area contributed by atoms with Crippen molar-refractivity contribution in [2.75, 3.05) is 39.8 Å². The molecule has 19 heavy (non-hydrogen) atoms. The van der Waals surface area contributed by atoms with Gasteiger partial charge in [-0.15, -0.1) is 0 Å². The predicted molar refractivity (Wildman–Crippen MR) is 84.3 cm³/mol. The first kappa shape index (κ1) is 16.9. The van der Waals surface area contributed by atoms with Gasteiger partial charge in [-0.1, -0.05) is 27.7 Å². The van der Waals surface area contributed by atoms with Crippen LogP contribution in [0.1, 0.15) is 40.5 Å². The number of nitrogens with two attached hydrogens (primary N) is 1. The minimum atomic E-state index is 0.400. The minimum Gasteiger partial charge on any atom is -0.330 e. The maximum atomic E-state index is 5.84. The lowest BCUT2D eigenvalue weighted by Gasteiger charge is -2.40. The van der Waals surface area contributed by atoms with Gasteiger partial charge < -0.3 is 16.0 Å². The highest BCUT2D eigenvalue weighted by molar-refractivity contribution is 4.85. The first-order valence-electron chi connectivity index (χ1n) is 7.96. The molecule has 1 saturated heterocycles. The fourth-order valence-electron chi connectivity index (χ4n) is 3.11. The number of nitrogens with one attached hydrogen (secondary N) is 1. The molecule has 1 unspecified atom stereocenters. The highest BCUT2D eigenvalue weighted by atomic mass is 15.1. The highest BCUT2D eigenvalue weighted by Gasteiger charge is 2.31. The second kappa shape index (κ2) is 7.61. The lowest BCUT2D eigenvalue weighted by atomic mass is 9.73. The molecule has 0 radical (unpaired) electrons. The first-order valence-corrected chi connectivity index (χ1v) is 7.96. The lowest BCUT2D eigenvalue weighted by Crippen LogP contribution is -2.43. The van der Waals surface area contributed by atoms with E-state index in [2.05, 4.69) is 45.0 Å². The molecular weight excluding hydrogens is 234 g/mol. The molecule has 1 rings (SSSR count). The van der Waals surface area contributed by atoms with E-state index in [9.17, 15) is 0 Å². The van der Waals surface area contributed by atoms with Gasteiger partial charge in [0.25, 0.3) is 0 Å². The normalized spacial score (nSPS) is 21.0. The van der Waals surface area contributed by atoms with E-state index in [1.165, 1.54) is 25.9 Å². The summed E-state index contributed by atoms with van der Waals surface area (Å²) in [5.74, 6) is 2.13. The second-order valence-electron chi connectivity index (χ2n) is 7.44. The van der Waals surface area contributed by atoms with E-state index in [1.807, 2.05) is 0 Å². The summed E-state index contributed by atoms with van der Waals surface area (Å²) < 4.78 is 0. The molecule has 3 nitrogen and oxygen atoms in total. The van der Waals surface area contributed by atoms with Crippen molar-refractivity contribution in [3.05, 3.63) is 0 Å². The van der Waals surface area contributed by atoms with Gasteiger partial charge in [0.2, 0.25) is 0 Å². The van der Waals surface area contributed by atoms with Crippen LogP contribution >= 0.6 is 0 Å². The summed E-state index contributed by atoms with van der Waals surface area (Å²) in [6.45, 7) is 14.8. The van der Waals surface area contributed by atoms with E-state index >= 15 is 0 Å². The topological polar surface area (TPSA) is 41.3 Å². The van der Waals surface area contributed by atoms with Gasteiger partial charge in [0.1, 0.15) is 0 Å².